The number of rotatable bonds is 21. The van der Waals surface area contributed by atoms with Crippen molar-refractivity contribution in [2.45, 2.75) is 89.5 Å². The van der Waals surface area contributed by atoms with Crippen molar-refractivity contribution in [2.24, 2.45) is 23.1 Å². The lowest BCUT2D eigenvalue weighted by Crippen LogP contribution is -2.56. The number of hydrogen-bond donors (Lipinski definition) is 10. The van der Waals surface area contributed by atoms with Crippen LogP contribution >= 0.6 is 0 Å². The van der Waals surface area contributed by atoms with Gasteiger partial charge < -0.3 is 54.0 Å². The zero-order valence-electron chi connectivity index (χ0n) is 24.5. The van der Waals surface area contributed by atoms with Crippen molar-refractivity contribution in [3.05, 3.63) is 0 Å². The van der Waals surface area contributed by atoms with E-state index >= 15 is 0 Å². The van der Waals surface area contributed by atoms with E-state index in [1.54, 1.807) is 0 Å². The average Bonchev–Trinajstić information content (AvgIpc) is 2.90. The lowest BCUT2D eigenvalue weighted by atomic mass is 10.0. The maximum Gasteiger partial charge on any atom is 0.326 e. The van der Waals surface area contributed by atoms with Crippen LogP contribution < -0.4 is 43.8 Å². The molecule has 0 saturated carbocycles. The molecule has 0 aliphatic rings. The Bertz CT molecular complexity index is 1020. The SMILES string of the molecule is CC(C)[C@@H](NC(=O)[C@H](CC(=O)O)NC(=O)CNC(=O)[C@H](C)NC(=O)[C@H](CCC(N)=O)NC(=O)[C@H](N)CCCCN)C(=O)O. The van der Waals surface area contributed by atoms with E-state index in [1.807, 2.05) is 0 Å². The molecule has 13 N–H and O–H groups in total. The van der Waals surface area contributed by atoms with Gasteiger partial charge in [-0.05, 0) is 38.6 Å². The highest BCUT2D eigenvalue weighted by Crippen LogP contribution is 2.05. The van der Waals surface area contributed by atoms with Gasteiger partial charge in [-0.3, -0.25) is 33.6 Å². The normalized spacial score (nSPS) is 14.3. The molecule has 0 aliphatic heterocycles. The first-order valence-electron chi connectivity index (χ1n) is 13.7. The Morgan fingerprint density at radius 1 is 0.744 bits per heavy atom. The van der Waals surface area contributed by atoms with Crippen molar-refractivity contribution in [3.63, 3.8) is 0 Å². The van der Waals surface area contributed by atoms with E-state index < -0.39 is 96.5 Å². The number of nitrogens with one attached hydrogen (secondary N) is 5. The van der Waals surface area contributed by atoms with Gasteiger partial charge in [-0.15, -0.1) is 0 Å². The summed E-state index contributed by atoms with van der Waals surface area (Å²) in [5, 5.41) is 29.6. The van der Waals surface area contributed by atoms with Gasteiger partial charge in [0.25, 0.3) is 0 Å². The highest BCUT2D eigenvalue weighted by atomic mass is 16.4. The standard InChI is InChI=1S/C25H44N8O10/c1-12(2)20(25(42)43)33-24(41)16(10-19(36)37)31-18(35)11-29-21(38)13(3)30-23(40)15(7-8-17(28)34)32-22(39)14(27)6-4-5-9-26/h12-16,20H,4-11,26-27H2,1-3H3,(H2,28,34)(H,29,38)(H,30,40)(H,31,35)(H,32,39)(H,33,41)(H,36,37)(H,42,43)/t13-,14+,15-,16-,20+/m0/s1. The summed E-state index contributed by atoms with van der Waals surface area (Å²) in [4.78, 5) is 96.4. The summed E-state index contributed by atoms with van der Waals surface area (Å²) in [5.74, 6) is -8.43. The third kappa shape index (κ3) is 16.0. The molecule has 0 fully saturated rings. The molecule has 0 spiro atoms. The highest BCUT2D eigenvalue weighted by molar-refractivity contribution is 5.96. The minimum absolute atomic E-state index is 0.175. The lowest BCUT2D eigenvalue weighted by molar-refractivity contribution is -0.144. The van der Waals surface area contributed by atoms with Gasteiger partial charge in [-0.1, -0.05) is 20.3 Å². The fourth-order valence-corrected chi connectivity index (χ4v) is 3.57. The number of carbonyl (C=O) groups excluding carboxylic acids is 6. The van der Waals surface area contributed by atoms with Crippen molar-refractivity contribution in [2.75, 3.05) is 13.1 Å². The largest absolute Gasteiger partial charge is 0.481 e. The van der Waals surface area contributed by atoms with Crippen LogP contribution in [0.5, 0.6) is 0 Å². The quantitative estimate of drug-likeness (QED) is 0.0552. The number of amides is 6. The molecule has 244 valence electrons. The van der Waals surface area contributed by atoms with Crippen LogP contribution in [0.1, 0.15) is 59.3 Å². The van der Waals surface area contributed by atoms with Crippen LogP contribution in [0.2, 0.25) is 0 Å². The predicted molar refractivity (Wildman–Crippen MR) is 150 cm³/mol. The second-order valence-corrected chi connectivity index (χ2v) is 10.2. The summed E-state index contributed by atoms with van der Waals surface area (Å²) in [5.41, 5.74) is 16.4. The van der Waals surface area contributed by atoms with Gasteiger partial charge in [0.05, 0.1) is 19.0 Å². The lowest BCUT2D eigenvalue weighted by Gasteiger charge is -2.23. The minimum atomic E-state index is -1.64. The molecule has 0 rings (SSSR count). The molecule has 0 aromatic rings. The Kier molecular flexibility index (Phi) is 17.8. The zero-order valence-corrected chi connectivity index (χ0v) is 24.5. The van der Waals surface area contributed by atoms with E-state index in [0.717, 1.165) is 0 Å². The van der Waals surface area contributed by atoms with Crippen molar-refractivity contribution < 1.29 is 48.6 Å². The van der Waals surface area contributed by atoms with Crippen LogP contribution in [0.25, 0.3) is 0 Å². The monoisotopic (exact) mass is 616 g/mol. The predicted octanol–water partition coefficient (Wildman–Crippen LogP) is -4.00. The second-order valence-electron chi connectivity index (χ2n) is 10.2. The summed E-state index contributed by atoms with van der Waals surface area (Å²) in [7, 11) is 0. The molecule has 6 amide bonds. The number of unbranched alkanes of at least 4 members (excludes halogenated alkanes) is 1. The van der Waals surface area contributed by atoms with E-state index in [2.05, 4.69) is 26.6 Å². The molecule has 18 nitrogen and oxygen atoms in total. The number of carbonyl (C=O) groups is 8. The topological polar surface area (TPSA) is 315 Å². The van der Waals surface area contributed by atoms with Crippen LogP contribution in [0.15, 0.2) is 0 Å². The average molecular weight is 617 g/mol. The molecule has 18 heteroatoms. The third-order valence-electron chi connectivity index (χ3n) is 6.05. The van der Waals surface area contributed by atoms with Gasteiger partial charge in [0.1, 0.15) is 24.2 Å². The Morgan fingerprint density at radius 2 is 1.35 bits per heavy atom. The van der Waals surface area contributed by atoms with Crippen LogP contribution in [-0.4, -0.2) is 101 Å². The first-order chi connectivity index (χ1) is 20.0. The number of carboxylic acid groups (broad SMARTS) is 2. The van der Waals surface area contributed by atoms with E-state index in [0.29, 0.717) is 25.8 Å². The minimum Gasteiger partial charge on any atom is -0.481 e. The van der Waals surface area contributed by atoms with E-state index in [1.165, 1.54) is 20.8 Å². The van der Waals surface area contributed by atoms with Crippen LogP contribution in [0.3, 0.4) is 0 Å². The van der Waals surface area contributed by atoms with Crippen LogP contribution in [0.4, 0.5) is 0 Å². The molecule has 0 bridgehead atoms. The number of nitrogens with two attached hydrogens (primary N) is 3. The van der Waals surface area contributed by atoms with Crippen LogP contribution in [-0.2, 0) is 38.4 Å². The van der Waals surface area contributed by atoms with E-state index in [4.69, 9.17) is 22.3 Å². The smallest absolute Gasteiger partial charge is 0.326 e. The van der Waals surface area contributed by atoms with Gasteiger partial charge in [-0.2, -0.15) is 0 Å². The van der Waals surface area contributed by atoms with Gasteiger partial charge in [0.15, 0.2) is 0 Å². The fraction of sp³-hybridized carbons (Fsp3) is 0.680. The number of carboxylic acids is 2. The summed E-state index contributed by atoms with van der Waals surface area (Å²) >= 11 is 0. The second kappa shape index (κ2) is 19.7. The van der Waals surface area contributed by atoms with Crippen molar-refractivity contribution in [1.82, 2.24) is 26.6 Å². The van der Waals surface area contributed by atoms with Gasteiger partial charge in [0, 0.05) is 6.42 Å². The summed E-state index contributed by atoms with van der Waals surface area (Å²) in [6.45, 7) is 4.01. The number of hydrogen-bond acceptors (Lipinski definition) is 10. The molecule has 0 radical (unpaired) electrons. The molecule has 0 heterocycles. The maximum absolute atomic E-state index is 12.8. The molecule has 0 aromatic carbocycles. The Balaban J connectivity index is 5.19. The fourth-order valence-electron chi connectivity index (χ4n) is 3.57. The van der Waals surface area contributed by atoms with Crippen LogP contribution in [0, 0.1) is 5.92 Å². The molecular weight excluding hydrogens is 572 g/mol. The van der Waals surface area contributed by atoms with E-state index in [9.17, 15) is 43.5 Å². The number of primary amides is 1. The first kappa shape index (κ1) is 38.7. The van der Waals surface area contributed by atoms with Gasteiger partial charge in [-0.25, -0.2) is 4.79 Å². The molecule has 43 heavy (non-hydrogen) atoms. The summed E-state index contributed by atoms with van der Waals surface area (Å²) in [6.07, 6.45) is 0.242. The Hall–Kier alpha value is -4.32. The third-order valence-corrected chi connectivity index (χ3v) is 6.05. The van der Waals surface area contributed by atoms with Gasteiger partial charge >= 0.3 is 11.9 Å². The highest BCUT2D eigenvalue weighted by Gasteiger charge is 2.30. The first-order valence-corrected chi connectivity index (χ1v) is 13.7. The molecule has 0 aromatic heterocycles. The Morgan fingerprint density at radius 3 is 1.86 bits per heavy atom. The zero-order chi connectivity index (χ0) is 33.3. The molecule has 5 atom stereocenters. The molecular formula is C25H44N8O10. The molecule has 0 unspecified atom stereocenters. The molecule has 0 aliphatic carbocycles. The summed E-state index contributed by atoms with van der Waals surface area (Å²) in [6, 6.07) is -6.42. The maximum atomic E-state index is 12.8. The van der Waals surface area contributed by atoms with Crippen molar-refractivity contribution >= 4 is 47.4 Å². The van der Waals surface area contributed by atoms with Gasteiger partial charge in [0.2, 0.25) is 35.4 Å². The number of aliphatic carboxylic acids is 2. The Labute approximate surface area is 248 Å². The molecule has 0 saturated heterocycles. The van der Waals surface area contributed by atoms with Crippen molar-refractivity contribution in [3.8, 4) is 0 Å². The van der Waals surface area contributed by atoms with E-state index in [-0.39, 0.29) is 12.8 Å². The summed E-state index contributed by atoms with van der Waals surface area (Å²) < 4.78 is 0. The van der Waals surface area contributed by atoms with Crippen molar-refractivity contribution in [1.29, 1.82) is 0 Å².